The molecule has 1 fully saturated rings. The molecule has 1 aliphatic heterocycles. The van der Waals surface area contributed by atoms with Gasteiger partial charge in [0.1, 0.15) is 17.4 Å². The Bertz CT molecular complexity index is 751. The first-order chi connectivity index (χ1) is 13.5. The van der Waals surface area contributed by atoms with Gasteiger partial charge in [0, 0.05) is 6.42 Å². The molecule has 3 rings (SSSR count). The summed E-state index contributed by atoms with van der Waals surface area (Å²) in [6.45, 7) is 1.11. The normalized spacial score (nSPS) is 18.2. The van der Waals surface area contributed by atoms with Gasteiger partial charge in [-0.2, -0.15) is 0 Å². The summed E-state index contributed by atoms with van der Waals surface area (Å²) in [4.78, 5) is 35.3. The first-order valence-corrected chi connectivity index (χ1v) is 9.24. The van der Waals surface area contributed by atoms with Gasteiger partial charge in [-0.1, -0.05) is 19.1 Å². The number of carbonyl (C=O) groups is 3. The molecule has 1 aliphatic carbocycles. The fraction of sp³-hybridized carbons (Fsp3) is 0.500. The highest BCUT2D eigenvalue weighted by molar-refractivity contribution is 6.47. The zero-order chi connectivity index (χ0) is 20.1. The number of fused-ring (bicyclic) bond motifs is 1. The molecule has 9 nitrogen and oxygen atoms in total. The largest absolute Gasteiger partial charge is 0.547 e. The van der Waals surface area contributed by atoms with Gasteiger partial charge < -0.3 is 29.2 Å². The van der Waals surface area contributed by atoms with E-state index in [0.717, 1.165) is 19.3 Å². The molecule has 0 bridgehead atoms. The molecular weight excluding hydrogens is 369 g/mol. The van der Waals surface area contributed by atoms with Crippen molar-refractivity contribution in [2.24, 2.45) is 0 Å². The van der Waals surface area contributed by atoms with Gasteiger partial charge >= 0.3 is 19.2 Å². The number of ether oxygens (including phenoxy) is 3. The Labute approximate surface area is 162 Å². The highest BCUT2D eigenvalue weighted by Gasteiger charge is 2.37. The molecule has 0 spiro atoms. The van der Waals surface area contributed by atoms with E-state index in [9.17, 15) is 19.4 Å². The van der Waals surface area contributed by atoms with E-state index in [1.807, 2.05) is 0 Å². The minimum Gasteiger partial charge on any atom is -0.534 e. The van der Waals surface area contributed by atoms with E-state index < -0.39 is 32.0 Å². The van der Waals surface area contributed by atoms with E-state index in [1.54, 1.807) is 19.1 Å². The topological polar surface area (TPSA) is 120 Å². The molecule has 1 unspecified atom stereocenters. The summed E-state index contributed by atoms with van der Waals surface area (Å²) >= 11 is 0. The average Bonchev–Trinajstić information content (AvgIpc) is 2.64. The van der Waals surface area contributed by atoms with E-state index in [-0.39, 0.29) is 29.7 Å². The third-order valence-corrected chi connectivity index (χ3v) is 4.69. The average molecular weight is 391 g/mol. The van der Waals surface area contributed by atoms with Crippen LogP contribution in [0.5, 0.6) is 5.75 Å². The molecule has 1 atom stereocenters. The number of carbonyl (C=O) groups excluding carboxylic acids is 3. The van der Waals surface area contributed by atoms with Gasteiger partial charge in [-0.05, 0) is 37.3 Å². The van der Waals surface area contributed by atoms with Crippen LogP contribution >= 0.6 is 0 Å². The predicted molar refractivity (Wildman–Crippen MR) is 96.5 cm³/mol. The summed E-state index contributed by atoms with van der Waals surface area (Å²) in [6.07, 6.45) is 2.21. The van der Waals surface area contributed by atoms with Crippen LogP contribution in [0, 0.1) is 0 Å². The van der Waals surface area contributed by atoms with E-state index in [4.69, 9.17) is 18.9 Å². The molecule has 1 aromatic carbocycles. The SMILES string of the molecule is CCC(=O)NC1Cc2cccc(C(=O)OCOC(=O)OC3CCC3)c2OB1O. The summed E-state index contributed by atoms with van der Waals surface area (Å²) in [6, 6.07) is 4.85. The number of esters is 1. The van der Waals surface area contributed by atoms with Gasteiger partial charge in [0.25, 0.3) is 0 Å². The highest BCUT2D eigenvalue weighted by atomic mass is 16.8. The number of nitrogens with one attached hydrogen (secondary N) is 1. The molecule has 1 aromatic rings. The molecule has 28 heavy (non-hydrogen) atoms. The monoisotopic (exact) mass is 391 g/mol. The van der Waals surface area contributed by atoms with E-state index in [1.165, 1.54) is 6.07 Å². The van der Waals surface area contributed by atoms with Crippen LogP contribution in [0.4, 0.5) is 4.79 Å². The van der Waals surface area contributed by atoms with Crippen LogP contribution < -0.4 is 9.97 Å². The standard InChI is InChI=1S/C18H22BNO8/c1-2-15(21)20-14-9-11-5-3-8-13(16(11)28-19(14)24)17(22)25-10-26-18(23)27-12-6-4-7-12/h3,5,8,12,14,24H,2,4,6-7,9-10H2,1H3,(H,20,21). The molecule has 1 saturated carbocycles. The van der Waals surface area contributed by atoms with Crippen LogP contribution in [0.15, 0.2) is 18.2 Å². The van der Waals surface area contributed by atoms with Crippen molar-refractivity contribution in [3.05, 3.63) is 29.3 Å². The number of amides is 1. The van der Waals surface area contributed by atoms with Crippen LogP contribution in [0.25, 0.3) is 0 Å². The lowest BCUT2D eigenvalue weighted by molar-refractivity contribution is -0.121. The fourth-order valence-electron chi connectivity index (χ4n) is 2.88. The van der Waals surface area contributed by atoms with Gasteiger partial charge in [-0.25, -0.2) is 9.59 Å². The Morgan fingerprint density at radius 2 is 2.07 bits per heavy atom. The Kier molecular flexibility index (Phi) is 6.40. The molecule has 150 valence electrons. The van der Waals surface area contributed by atoms with Crippen LogP contribution in [-0.2, 0) is 25.4 Å². The smallest absolute Gasteiger partial charge is 0.534 e. The second-order valence-electron chi connectivity index (χ2n) is 6.65. The minimum absolute atomic E-state index is 0.0905. The van der Waals surface area contributed by atoms with E-state index in [0.29, 0.717) is 12.0 Å². The number of rotatable bonds is 6. The Morgan fingerprint density at radius 3 is 2.75 bits per heavy atom. The Hall–Kier alpha value is -2.75. The zero-order valence-electron chi connectivity index (χ0n) is 15.5. The van der Waals surface area contributed by atoms with Crippen LogP contribution in [0.2, 0.25) is 0 Å². The van der Waals surface area contributed by atoms with E-state index in [2.05, 4.69) is 5.32 Å². The third kappa shape index (κ3) is 4.75. The lowest BCUT2D eigenvalue weighted by Crippen LogP contribution is -2.53. The van der Waals surface area contributed by atoms with Crippen molar-refractivity contribution in [1.82, 2.24) is 5.32 Å². The summed E-state index contributed by atoms with van der Waals surface area (Å²) in [5.41, 5.74) is 0.735. The van der Waals surface area contributed by atoms with Crippen LogP contribution in [0.3, 0.4) is 0 Å². The van der Waals surface area contributed by atoms with Crippen molar-refractivity contribution in [1.29, 1.82) is 0 Å². The highest BCUT2D eigenvalue weighted by Crippen LogP contribution is 2.30. The molecule has 2 N–H and O–H groups in total. The van der Waals surface area contributed by atoms with Gasteiger partial charge in [-0.3, -0.25) is 4.79 Å². The van der Waals surface area contributed by atoms with Crippen LogP contribution in [-0.4, -0.2) is 49.0 Å². The molecule has 2 aliphatic rings. The second-order valence-corrected chi connectivity index (χ2v) is 6.65. The third-order valence-electron chi connectivity index (χ3n) is 4.69. The zero-order valence-corrected chi connectivity index (χ0v) is 15.5. The maximum Gasteiger partial charge on any atom is 0.547 e. The summed E-state index contributed by atoms with van der Waals surface area (Å²) in [7, 11) is -1.30. The Balaban J connectivity index is 1.57. The minimum atomic E-state index is -1.30. The molecule has 0 radical (unpaired) electrons. The molecule has 10 heteroatoms. The van der Waals surface area contributed by atoms with Crippen molar-refractivity contribution >= 4 is 25.2 Å². The van der Waals surface area contributed by atoms with Crippen LogP contribution in [0.1, 0.15) is 48.5 Å². The van der Waals surface area contributed by atoms with Gasteiger partial charge in [0.15, 0.2) is 0 Å². The van der Waals surface area contributed by atoms with Crippen molar-refractivity contribution in [3.63, 3.8) is 0 Å². The first-order valence-electron chi connectivity index (χ1n) is 9.24. The maximum absolute atomic E-state index is 12.3. The van der Waals surface area contributed by atoms with Crippen molar-refractivity contribution in [2.45, 2.75) is 51.1 Å². The second kappa shape index (κ2) is 8.96. The number of para-hydroxylation sites is 1. The number of hydrogen-bond donors (Lipinski definition) is 2. The predicted octanol–water partition coefficient (Wildman–Crippen LogP) is 1.36. The Morgan fingerprint density at radius 1 is 1.29 bits per heavy atom. The van der Waals surface area contributed by atoms with Gasteiger partial charge in [-0.15, -0.1) is 0 Å². The first kappa shape index (κ1) is 20.0. The lowest BCUT2D eigenvalue weighted by atomic mass is 9.72. The molecule has 0 aromatic heterocycles. The summed E-state index contributed by atoms with van der Waals surface area (Å²) < 4.78 is 20.1. The van der Waals surface area contributed by atoms with Crippen molar-refractivity contribution in [3.8, 4) is 5.75 Å². The number of benzene rings is 1. The van der Waals surface area contributed by atoms with Crippen molar-refractivity contribution < 1.29 is 38.3 Å². The maximum atomic E-state index is 12.3. The van der Waals surface area contributed by atoms with Gasteiger partial charge in [0.2, 0.25) is 12.7 Å². The fourth-order valence-corrected chi connectivity index (χ4v) is 2.88. The molecule has 1 heterocycles. The molecule has 1 amide bonds. The molecular formula is C18H22BNO8. The van der Waals surface area contributed by atoms with Crippen molar-refractivity contribution in [2.75, 3.05) is 6.79 Å². The lowest BCUT2D eigenvalue weighted by Gasteiger charge is -2.29. The van der Waals surface area contributed by atoms with Gasteiger partial charge in [0.05, 0.1) is 5.94 Å². The number of hydrogen-bond acceptors (Lipinski definition) is 8. The quantitative estimate of drug-likeness (QED) is 0.424. The summed E-state index contributed by atoms with van der Waals surface area (Å²) in [5, 5.41) is 12.8. The summed E-state index contributed by atoms with van der Waals surface area (Å²) in [5.74, 6) is -1.41. The van der Waals surface area contributed by atoms with E-state index >= 15 is 0 Å². The molecule has 0 saturated heterocycles.